The summed E-state index contributed by atoms with van der Waals surface area (Å²) in [4.78, 5) is 18.6. The van der Waals surface area contributed by atoms with Gasteiger partial charge in [-0.15, -0.1) is 0 Å². The number of thiocarbonyl (C=S) groups is 1. The van der Waals surface area contributed by atoms with Crippen LogP contribution in [-0.2, 0) is 11.3 Å². The molecule has 0 amide bonds. The third-order valence-electron chi connectivity index (χ3n) is 5.75. The van der Waals surface area contributed by atoms with Crippen LogP contribution >= 0.6 is 12.2 Å². The van der Waals surface area contributed by atoms with E-state index in [1.165, 1.54) is 7.11 Å². The number of nitrogens with zero attached hydrogens (tertiary/aromatic N) is 3. The molecule has 0 radical (unpaired) electrons. The summed E-state index contributed by atoms with van der Waals surface area (Å²) < 4.78 is 12.5. The Balaban J connectivity index is 1.56. The van der Waals surface area contributed by atoms with Crippen LogP contribution in [0, 0.1) is 0 Å². The Morgan fingerprint density at radius 1 is 1.12 bits per heavy atom. The molecule has 0 spiro atoms. The number of furan rings is 1. The van der Waals surface area contributed by atoms with E-state index in [2.05, 4.69) is 25.8 Å². The van der Waals surface area contributed by atoms with Gasteiger partial charge in [0.25, 0.3) is 0 Å². The van der Waals surface area contributed by atoms with Crippen LogP contribution in [-0.4, -0.2) is 32.6 Å². The zero-order valence-electron chi connectivity index (χ0n) is 17.9. The Morgan fingerprint density at radius 3 is 2.67 bits per heavy atom. The molecule has 4 heterocycles. The number of nitrogens with one attached hydrogen (secondary N) is 1. The first-order valence-corrected chi connectivity index (χ1v) is 10.9. The molecule has 166 valence electrons. The van der Waals surface area contributed by atoms with Crippen LogP contribution in [0.4, 0.5) is 0 Å². The van der Waals surface area contributed by atoms with Crippen LogP contribution in [0.3, 0.4) is 0 Å². The number of aromatic nitrogens is 2. The van der Waals surface area contributed by atoms with Gasteiger partial charge >= 0.3 is 5.97 Å². The van der Waals surface area contributed by atoms with Gasteiger partial charge in [0.2, 0.25) is 0 Å². The van der Waals surface area contributed by atoms with Crippen LogP contribution in [0.1, 0.15) is 39.6 Å². The second-order valence-electron chi connectivity index (χ2n) is 7.68. The van der Waals surface area contributed by atoms with E-state index < -0.39 is 0 Å². The van der Waals surface area contributed by atoms with E-state index in [1.54, 1.807) is 24.6 Å². The van der Waals surface area contributed by atoms with Gasteiger partial charge in [0.15, 0.2) is 5.11 Å². The fourth-order valence-electron chi connectivity index (χ4n) is 4.21. The predicted octanol–water partition coefficient (Wildman–Crippen LogP) is 4.42. The molecule has 0 saturated carbocycles. The second kappa shape index (κ2) is 8.91. The first-order chi connectivity index (χ1) is 16.2. The third kappa shape index (κ3) is 4.01. The highest BCUT2D eigenvalue weighted by Crippen LogP contribution is 2.40. The van der Waals surface area contributed by atoms with Crippen molar-refractivity contribution in [3.63, 3.8) is 0 Å². The van der Waals surface area contributed by atoms with Gasteiger partial charge in [0.05, 0.1) is 43.3 Å². The number of rotatable bonds is 6. The SMILES string of the molecule is COC(=O)c1ccc(-n2cccc2C2C(c3ccccn3)NC(=S)N2Cc2ccco2)cc1. The van der Waals surface area contributed by atoms with E-state index in [0.717, 1.165) is 22.8 Å². The molecular weight excluding hydrogens is 436 g/mol. The molecule has 2 atom stereocenters. The van der Waals surface area contributed by atoms with Gasteiger partial charge in [-0.2, -0.15) is 0 Å². The Hall–Kier alpha value is -3.91. The lowest BCUT2D eigenvalue weighted by atomic mass is 10.0. The Morgan fingerprint density at radius 2 is 1.97 bits per heavy atom. The molecule has 8 heteroatoms. The number of hydrogen-bond donors (Lipinski definition) is 1. The number of methoxy groups -OCH3 is 1. The van der Waals surface area contributed by atoms with Gasteiger partial charge in [-0.1, -0.05) is 6.07 Å². The molecule has 5 rings (SSSR count). The van der Waals surface area contributed by atoms with Crippen LogP contribution in [0.15, 0.2) is 89.8 Å². The summed E-state index contributed by atoms with van der Waals surface area (Å²) in [6.07, 6.45) is 5.46. The second-order valence-corrected chi connectivity index (χ2v) is 8.06. The smallest absolute Gasteiger partial charge is 0.337 e. The topological polar surface area (TPSA) is 72.5 Å². The Kier molecular flexibility index (Phi) is 5.66. The van der Waals surface area contributed by atoms with Gasteiger partial charge in [-0.3, -0.25) is 4.98 Å². The monoisotopic (exact) mass is 458 g/mol. The zero-order chi connectivity index (χ0) is 22.8. The lowest BCUT2D eigenvalue weighted by Gasteiger charge is -2.28. The van der Waals surface area contributed by atoms with Gasteiger partial charge in [0, 0.05) is 23.8 Å². The minimum Gasteiger partial charge on any atom is -0.467 e. The van der Waals surface area contributed by atoms with Crippen molar-refractivity contribution < 1.29 is 13.9 Å². The van der Waals surface area contributed by atoms with Crippen molar-refractivity contribution in [3.05, 3.63) is 108 Å². The van der Waals surface area contributed by atoms with Gasteiger partial charge in [-0.05, 0) is 72.9 Å². The number of carbonyl (C=O) groups excluding carboxylic acids is 1. The van der Waals surface area contributed by atoms with Gasteiger partial charge in [0.1, 0.15) is 5.76 Å². The average molecular weight is 459 g/mol. The molecule has 0 bridgehead atoms. The first-order valence-electron chi connectivity index (χ1n) is 10.5. The van der Waals surface area contributed by atoms with Crippen LogP contribution < -0.4 is 5.32 Å². The van der Waals surface area contributed by atoms with E-state index >= 15 is 0 Å². The van der Waals surface area contributed by atoms with Crippen LogP contribution in [0.2, 0.25) is 0 Å². The van der Waals surface area contributed by atoms with Crippen molar-refractivity contribution in [2.45, 2.75) is 18.6 Å². The fraction of sp³-hybridized carbons (Fsp3) is 0.160. The Bertz CT molecular complexity index is 1250. The van der Waals surface area contributed by atoms with E-state index in [0.29, 0.717) is 17.2 Å². The van der Waals surface area contributed by atoms with Crippen LogP contribution in [0.25, 0.3) is 5.69 Å². The quantitative estimate of drug-likeness (QED) is 0.339. The zero-order valence-corrected chi connectivity index (χ0v) is 18.7. The fourth-order valence-corrected chi connectivity index (χ4v) is 4.52. The molecule has 1 aliphatic rings. The number of pyridine rings is 1. The molecule has 3 aromatic heterocycles. The third-order valence-corrected chi connectivity index (χ3v) is 6.11. The normalized spacial score (nSPS) is 17.7. The van der Waals surface area contributed by atoms with E-state index in [4.69, 9.17) is 21.4 Å². The number of ether oxygens (including phenoxy) is 1. The van der Waals surface area contributed by atoms with Gasteiger partial charge < -0.3 is 23.9 Å². The van der Waals surface area contributed by atoms with E-state index in [1.807, 2.05) is 54.7 Å². The summed E-state index contributed by atoms with van der Waals surface area (Å²) in [6, 6.07) is 20.8. The Labute approximate surface area is 196 Å². The number of esters is 1. The largest absolute Gasteiger partial charge is 0.467 e. The summed E-state index contributed by atoms with van der Waals surface area (Å²) in [5, 5.41) is 4.10. The molecule has 4 aromatic rings. The number of carbonyl (C=O) groups is 1. The van der Waals surface area contributed by atoms with Crippen molar-refractivity contribution >= 4 is 23.3 Å². The lowest BCUT2D eigenvalue weighted by molar-refractivity contribution is 0.0600. The molecule has 2 unspecified atom stereocenters. The summed E-state index contributed by atoms with van der Waals surface area (Å²) >= 11 is 5.75. The molecule has 0 aliphatic carbocycles. The van der Waals surface area contributed by atoms with Crippen molar-refractivity contribution in [1.29, 1.82) is 0 Å². The molecular formula is C25H22N4O3S. The molecule has 1 aromatic carbocycles. The molecule has 7 nitrogen and oxygen atoms in total. The average Bonchev–Trinajstić information content (AvgIpc) is 3.61. The highest BCUT2D eigenvalue weighted by Gasteiger charge is 2.41. The maximum Gasteiger partial charge on any atom is 0.337 e. The molecule has 1 N–H and O–H groups in total. The molecule has 1 aliphatic heterocycles. The maximum absolute atomic E-state index is 11.8. The first kappa shape index (κ1) is 21.0. The molecule has 1 saturated heterocycles. The van der Waals surface area contributed by atoms with Crippen molar-refractivity contribution in [3.8, 4) is 5.69 Å². The summed E-state index contributed by atoms with van der Waals surface area (Å²) in [6.45, 7) is 0.527. The number of hydrogen-bond acceptors (Lipinski definition) is 5. The summed E-state index contributed by atoms with van der Waals surface area (Å²) in [5.74, 6) is 0.464. The maximum atomic E-state index is 11.8. The minimum atomic E-state index is -0.362. The predicted molar refractivity (Wildman–Crippen MR) is 127 cm³/mol. The summed E-state index contributed by atoms with van der Waals surface area (Å²) in [5.41, 5.74) is 3.37. The van der Waals surface area contributed by atoms with E-state index in [9.17, 15) is 4.79 Å². The van der Waals surface area contributed by atoms with E-state index in [-0.39, 0.29) is 18.1 Å². The van der Waals surface area contributed by atoms with Gasteiger partial charge in [-0.25, -0.2) is 4.79 Å². The standard InChI is InChI=1S/C25H22N4O3S/c1-31-24(30)17-9-11-18(12-10-17)28-14-4-8-21(28)23-22(20-7-2-3-13-26-20)27-25(33)29(23)16-19-6-5-15-32-19/h2-15,22-23H,16H2,1H3,(H,27,33). The molecule has 1 fully saturated rings. The minimum absolute atomic E-state index is 0.132. The van der Waals surface area contributed by atoms with Crippen molar-refractivity contribution in [2.24, 2.45) is 0 Å². The van der Waals surface area contributed by atoms with Crippen molar-refractivity contribution in [1.82, 2.24) is 19.8 Å². The molecule has 33 heavy (non-hydrogen) atoms. The highest BCUT2D eigenvalue weighted by atomic mass is 32.1. The van der Waals surface area contributed by atoms with Crippen LogP contribution in [0.5, 0.6) is 0 Å². The lowest BCUT2D eigenvalue weighted by Crippen LogP contribution is -2.29. The van der Waals surface area contributed by atoms with Crippen molar-refractivity contribution in [2.75, 3.05) is 7.11 Å². The number of benzene rings is 1. The highest BCUT2D eigenvalue weighted by molar-refractivity contribution is 7.80. The summed E-state index contributed by atoms with van der Waals surface area (Å²) in [7, 11) is 1.38.